The third-order valence-electron chi connectivity index (χ3n) is 4.58. The molecule has 4 rings (SSSR count). The fraction of sp³-hybridized carbons (Fsp3) is 0.143. The molecule has 1 aromatic heterocycles. The molecule has 0 radical (unpaired) electrons. The smallest absolute Gasteiger partial charge is 0.335 e. The first-order valence-electron chi connectivity index (χ1n) is 8.88. The highest BCUT2D eigenvalue weighted by molar-refractivity contribution is 8.00. The number of carbonyl (C=O) groups is 1. The summed E-state index contributed by atoms with van der Waals surface area (Å²) in [5.74, 6) is -0.0338. The van der Waals surface area contributed by atoms with Crippen molar-refractivity contribution in [3.05, 3.63) is 70.5 Å². The van der Waals surface area contributed by atoms with Gasteiger partial charge in [0.25, 0.3) is 0 Å². The quantitative estimate of drug-likeness (QED) is 0.515. The summed E-state index contributed by atoms with van der Waals surface area (Å²) in [5.41, 5.74) is 2.98. The Kier molecular flexibility index (Phi) is 5.38. The maximum atomic E-state index is 11.4. The minimum atomic E-state index is -0.967. The van der Waals surface area contributed by atoms with Crippen LogP contribution in [-0.4, -0.2) is 21.0 Å². The van der Waals surface area contributed by atoms with Gasteiger partial charge in [0.1, 0.15) is 6.07 Å². The van der Waals surface area contributed by atoms with Crippen LogP contribution in [0.4, 0.5) is 5.69 Å². The molecule has 1 aliphatic rings. The molecular formula is C21H15ClN4O2S. The first-order valence-corrected chi connectivity index (χ1v) is 10.1. The van der Waals surface area contributed by atoms with E-state index in [-0.39, 0.29) is 5.56 Å². The minimum absolute atomic E-state index is 0.235. The van der Waals surface area contributed by atoms with Crippen molar-refractivity contribution >= 4 is 35.2 Å². The van der Waals surface area contributed by atoms with Crippen LogP contribution in [-0.2, 0) is 0 Å². The van der Waals surface area contributed by atoms with Crippen LogP contribution in [0.15, 0.2) is 53.7 Å². The Labute approximate surface area is 176 Å². The van der Waals surface area contributed by atoms with Crippen molar-refractivity contribution < 1.29 is 9.90 Å². The molecule has 0 spiro atoms. The van der Waals surface area contributed by atoms with Crippen LogP contribution in [0.25, 0.3) is 11.4 Å². The van der Waals surface area contributed by atoms with Gasteiger partial charge in [0.2, 0.25) is 0 Å². The number of nitriles is 1. The van der Waals surface area contributed by atoms with E-state index in [0.717, 1.165) is 23.3 Å². The third kappa shape index (κ3) is 4.19. The van der Waals surface area contributed by atoms with E-state index in [4.69, 9.17) is 11.6 Å². The van der Waals surface area contributed by atoms with Crippen LogP contribution in [0.2, 0.25) is 5.02 Å². The van der Waals surface area contributed by atoms with Gasteiger partial charge in [-0.05, 0) is 66.6 Å². The lowest BCUT2D eigenvalue weighted by Crippen LogP contribution is -2.00. The number of benzene rings is 2. The zero-order valence-electron chi connectivity index (χ0n) is 15.1. The zero-order valence-corrected chi connectivity index (χ0v) is 16.7. The van der Waals surface area contributed by atoms with E-state index in [1.54, 1.807) is 42.7 Å². The van der Waals surface area contributed by atoms with Gasteiger partial charge in [0, 0.05) is 22.9 Å². The molecule has 0 atom stereocenters. The highest BCUT2D eigenvalue weighted by Crippen LogP contribution is 2.45. The topological polar surface area (TPSA) is 98.9 Å². The molecule has 6 nitrogen and oxygen atoms in total. The molecule has 1 heterocycles. The molecule has 0 aliphatic heterocycles. The van der Waals surface area contributed by atoms with E-state index in [1.165, 1.54) is 11.9 Å². The monoisotopic (exact) mass is 422 g/mol. The molecule has 29 heavy (non-hydrogen) atoms. The van der Waals surface area contributed by atoms with Gasteiger partial charge in [-0.1, -0.05) is 17.7 Å². The maximum absolute atomic E-state index is 11.4. The van der Waals surface area contributed by atoms with E-state index < -0.39 is 5.97 Å². The Bertz CT molecular complexity index is 1130. The number of carboxylic acids is 1. The predicted molar refractivity (Wildman–Crippen MR) is 112 cm³/mol. The number of hydrogen-bond acceptors (Lipinski definition) is 6. The van der Waals surface area contributed by atoms with Crippen molar-refractivity contribution in [1.82, 2.24) is 9.97 Å². The van der Waals surface area contributed by atoms with Crippen molar-refractivity contribution in [2.24, 2.45) is 0 Å². The van der Waals surface area contributed by atoms with Crippen LogP contribution in [0, 0.1) is 11.3 Å². The predicted octanol–water partition coefficient (Wildman–Crippen LogP) is 5.36. The zero-order chi connectivity index (χ0) is 20.4. The summed E-state index contributed by atoms with van der Waals surface area (Å²) in [6.45, 7) is 0. The van der Waals surface area contributed by atoms with Crippen molar-refractivity contribution in [3.8, 4) is 17.5 Å². The van der Waals surface area contributed by atoms with E-state index >= 15 is 0 Å². The Morgan fingerprint density at radius 1 is 1.24 bits per heavy atom. The van der Waals surface area contributed by atoms with Crippen molar-refractivity contribution in [3.63, 3.8) is 0 Å². The summed E-state index contributed by atoms with van der Waals surface area (Å²) < 4.78 is 3.25. The second-order valence-corrected chi connectivity index (χ2v) is 7.85. The Morgan fingerprint density at radius 3 is 2.66 bits per heavy atom. The van der Waals surface area contributed by atoms with Gasteiger partial charge >= 0.3 is 5.97 Å². The van der Waals surface area contributed by atoms with Crippen LogP contribution < -0.4 is 4.72 Å². The number of halogens is 1. The molecule has 1 fully saturated rings. The van der Waals surface area contributed by atoms with Gasteiger partial charge in [0.15, 0.2) is 5.82 Å². The number of nitrogens with one attached hydrogen (secondary N) is 1. The molecular weight excluding hydrogens is 408 g/mol. The Balaban J connectivity index is 1.71. The average Bonchev–Trinajstić information content (AvgIpc) is 3.58. The SMILES string of the molecule is N#Cc1cc(NSc2cc(C(=O)O)ccc2C2CC2)c(-c2ncccn2)cc1Cl. The molecule has 0 unspecified atom stereocenters. The molecule has 1 aliphatic carbocycles. The second kappa shape index (κ2) is 8.11. The fourth-order valence-corrected chi connectivity index (χ4v) is 4.10. The molecule has 3 aromatic rings. The number of nitrogens with zero attached hydrogens (tertiary/aromatic N) is 3. The molecule has 2 aromatic carbocycles. The fourth-order valence-electron chi connectivity index (χ4n) is 2.96. The van der Waals surface area contributed by atoms with Gasteiger partial charge in [0.05, 0.1) is 21.8 Å². The van der Waals surface area contributed by atoms with Gasteiger partial charge < -0.3 is 9.83 Å². The van der Waals surface area contributed by atoms with E-state index in [0.29, 0.717) is 33.6 Å². The van der Waals surface area contributed by atoms with Crippen molar-refractivity contribution in [1.29, 1.82) is 5.26 Å². The summed E-state index contributed by atoms with van der Waals surface area (Å²) >= 11 is 7.53. The molecule has 144 valence electrons. The van der Waals surface area contributed by atoms with E-state index in [9.17, 15) is 15.2 Å². The standard InChI is InChI=1S/C21H15ClN4O2S/c22-17-10-16(20-24-6-1-7-25-20)18(8-14(17)11-23)26-29-19-9-13(21(27)28)4-5-15(19)12-2-3-12/h1,4-10,12,26H,2-3H2,(H,27,28). The first-order chi connectivity index (χ1) is 14.1. The summed E-state index contributed by atoms with van der Waals surface area (Å²) in [6.07, 6.45) is 5.46. The molecule has 0 bridgehead atoms. The van der Waals surface area contributed by atoms with Crippen LogP contribution in [0.5, 0.6) is 0 Å². The molecule has 2 N–H and O–H groups in total. The Hall–Kier alpha value is -3.08. The Morgan fingerprint density at radius 2 is 2.00 bits per heavy atom. The van der Waals surface area contributed by atoms with E-state index in [2.05, 4.69) is 20.8 Å². The van der Waals surface area contributed by atoms with Crippen LogP contribution in [0.1, 0.15) is 40.2 Å². The van der Waals surface area contributed by atoms with Gasteiger partial charge in [-0.2, -0.15) is 5.26 Å². The number of hydrogen-bond donors (Lipinski definition) is 2. The lowest BCUT2D eigenvalue weighted by molar-refractivity contribution is 0.0696. The summed E-state index contributed by atoms with van der Waals surface area (Å²) in [7, 11) is 0. The van der Waals surface area contributed by atoms with Gasteiger partial charge in [-0.15, -0.1) is 0 Å². The lowest BCUT2D eigenvalue weighted by atomic mass is 10.1. The summed E-state index contributed by atoms with van der Waals surface area (Å²) in [4.78, 5) is 20.8. The van der Waals surface area contributed by atoms with Crippen molar-refractivity contribution in [2.45, 2.75) is 23.7 Å². The molecule has 0 amide bonds. The van der Waals surface area contributed by atoms with Crippen molar-refractivity contribution in [2.75, 3.05) is 4.72 Å². The molecule has 1 saturated carbocycles. The summed E-state index contributed by atoms with van der Waals surface area (Å²) in [5, 5.41) is 19.0. The maximum Gasteiger partial charge on any atom is 0.335 e. The summed E-state index contributed by atoms with van der Waals surface area (Å²) in [6, 6.07) is 12.3. The van der Waals surface area contributed by atoms with E-state index in [1.807, 2.05) is 6.07 Å². The number of anilines is 1. The first kappa shape index (κ1) is 19.2. The minimum Gasteiger partial charge on any atom is -0.478 e. The highest BCUT2D eigenvalue weighted by atomic mass is 35.5. The number of aromatic carboxylic acids is 1. The van der Waals surface area contributed by atoms with Crippen LogP contribution >= 0.6 is 23.5 Å². The number of rotatable bonds is 6. The van der Waals surface area contributed by atoms with Crippen LogP contribution in [0.3, 0.4) is 0 Å². The average molecular weight is 423 g/mol. The van der Waals surface area contributed by atoms with Gasteiger partial charge in [-0.25, -0.2) is 14.8 Å². The van der Waals surface area contributed by atoms with Gasteiger partial charge in [-0.3, -0.25) is 0 Å². The number of aromatic nitrogens is 2. The second-order valence-electron chi connectivity index (χ2n) is 6.60. The molecule has 8 heteroatoms. The molecule has 0 saturated heterocycles. The third-order valence-corrected chi connectivity index (χ3v) is 5.79. The normalized spacial score (nSPS) is 13.0. The number of carboxylic acid groups (broad SMARTS) is 1. The highest BCUT2D eigenvalue weighted by Gasteiger charge is 2.27. The largest absolute Gasteiger partial charge is 0.478 e. The lowest BCUT2D eigenvalue weighted by Gasteiger charge is -2.14.